The number of fused-ring (bicyclic) bond motifs is 5. The Morgan fingerprint density at radius 2 is 2.08 bits per heavy atom. The summed E-state index contributed by atoms with van der Waals surface area (Å²) in [7, 11) is 0. The number of carbonyl (C=O) groups is 1. The van der Waals surface area contributed by atoms with E-state index in [1.54, 1.807) is 6.08 Å². The zero-order valence-electron chi connectivity index (χ0n) is 16.4. The minimum Gasteiger partial charge on any atom is -0.396 e. The molecule has 4 rings (SSSR count). The minimum absolute atomic E-state index is 0.0772. The third-order valence-electron chi connectivity index (χ3n) is 9.15. The number of nitriles is 1. The van der Waals surface area contributed by atoms with Gasteiger partial charge in [0.1, 0.15) is 0 Å². The summed E-state index contributed by atoms with van der Waals surface area (Å²) < 4.78 is 0. The normalized spacial score (nSPS) is 53.2. The van der Waals surface area contributed by atoms with Gasteiger partial charge in [-0.3, -0.25) is 4.79 Å². The van der Waals surface area contributed by atoms with Gasteiger partial charge >= 0.3 is 0 Å². The van der Waals surface area contributed by atoms with Gasteiger partial charge in [-0.05, 0) is 86.0 Å². The van der Waals surface area contributed by atoms with Crippen molar-refractivity contribution in [3.05, 3.63) is 12.2 Å². The highest BCUT2D eigenvalue weighted by atomic mass is 16.3. The molecule has 1 N–H and O–H groups in total. The molecule has 142 valence electrons. The Labute approximate surface area is 157 Å². The average molecular weight is 356 g/mol. The highest BCUT2D eigenvalue weighted by Gasteiger charge is 2.77. The lowest BCUT2D eigenvalue weighted by Gasteiger charge is -2.53. The van der Waals surface area contributed by atoms with E-state index < -0.39 is 0 Å². The van der Waals surface area contributed by atoms with Gasteiger partial charge in [0.15, 0.2) is 5.78 Å². The van der Waals surface area contributed by atoms with Crippen molar-refractivity contribution in [2.45, 2.75) is 59.3 Å². The van der Waals surface area contributed by atoms with E-state index in [2.05, 4.69) is 26.8 Å². The molecule has 26 heavy (non-hydrogen) atoms. The van der Waals surface area contributed by atoms with Crippen LogP contribution in [0.15, 0.2) is 12.2 Å². The monoisotopic (exact) mass is 355 g/mol. The highest BCUT2D eigenvalue weighted by molar-refractivity contribution is 5.89. The van der Waals surface area contributed by atoms with Crippen molar-refractivity contribution >= 4 is 5.78 Å². The molecular formula is C23H33NO2. The molecular weight excluding hydrogens is 322 g/mol. The number of aliphatic hydroxyl groups excluding tert-OH is 1. The first-order valence-electron chi connectivity index (χ1n) is 10.6. The van der Waals surface area contributed by atoms with Gasteiger partial charge in [0.25, 0.3) is 0 Å². The molecule has 4 aliphatic rings. The lowest BCUT2D eigenvalue weighted by Crippen LogP contribution is -2.49. The Morgan fingerprint density at radius 3 is 2.77 bits per heavy atom. The van der Waals surface area contributed by atoms with Crippen LogP contribution in [0.5, 0.6) is 0 Å². The van der Waals surface area contributed by atoms with Crippen LogP contribution in [0.1, 0.15) is 59.3 Å². The number of ketones is 1. The molecule has 4 aliphatic carbocycles. The number of hydrogen-bond acceptors (Lipinski definition) is 3. The largest absolute Gasteiger partial charge is 0.396 e. The van der Waals surface area contributed by atoms with Crippen LogP contribution in [0.4, 0.5) is 0 Å². The van der Waals surface area contributed by atoms with E-state index in [0.717, 1.165) is 25.7 Å². The second-order valence-electron chi connectivity index (χ2n) is 10.1. The second kappa shape index (κ2) is 6.20. The van der Waals surface area contributed by atoms with Gasteiger partial charge in [-0.25, -0.2) is 0 Å². The first-order valence-corrected chi connectivity index (χ1v) is 10.6. The fourth-order valence-corrected chi connectivity index (χ4v) is 7.61. The van der Waals surface area contributed by atoms with Crippen molar-refractivity contribution in [2.24, 2.45) is 52.3 Å². The Hall–Kier alpha value is -1.14. The molecule has 0 spiro atoms. The molecule has 0 aliphatic heterocycles. The van der Waals surface area contributed by atoms with Crippen LogP contribution < -0.4 is 0 Å². The molecule has 0 aromatic carbocycles. The molecule has 9 unspecified atom stereocenters. The van der Waals surface area contributed by atoms with Gasteiger partial charge in [0.2, 0.25) is 0 Å². The molecule has 0 aromatic rings. The van der Waals surface area contributed by atoms with Crippen LogP contribution in [-0.2, 0) is 4.79 Å². The van der Waals surface area contributed by atoms with Gasteiger partial charge < -0.3 is 5.11 Å². The molecule has 0 amide bonds. The number of rotatable bonds is 1. The Morgan fingerprint density at radius 1 is 1.31 bits per heavy atom. The molecule has 9 atom stereocenters. The summed E-state index contributed by atoms with van der Waals surface area (Å²) in [5.41, 5.74) is -0.100. The zero-order valence-corrected chi connectivity index (χ0v) is 16.4. The number of allylic oxidation sites excluding steroid dienone is 1. The summed E-state index contributed by atoms with van der Waals surface area (Å²) in [4.78, 5) is 12.0. The average Bonchev–Trinajstić information content (AvgIpc) is 3.23. The fraction of sp³-hybridized carbons (Fsp3) is 0.826. The van der Waals surface area contributed by atoms with Crippen LogP contribution in [-0.4, -0.2) is 17.5 Å². The summed E-state index contributed by atoms with van der Waals surface area (Å²) >= 11 is 0. The van der Waals surface area contributed by atoms with Crippen LogP contribution >= 0.6 is 0 Å². The molecule has 3 fully saturated rings. The number of nitrogens with zero attached hydrogens (tertiary/aromatic N) is 1. The topological polar surface area (TPSA) is 61.1 Å². The van der Waals surface area contributed by atoms with E-state index in [0.29, 0.717) is 41.9 Å². The maximum absolute atomic E-state index is 12.0. The lowest BCUT2D eigenvalue weighted by molar-refractivity contribution is -0.115. The Kier molecular flexibility index (Phi) is 4.35. The third kappa shape index (κ3) is 2.37. The molecule has 0 heterocycles. The second-order valence-corrected chi connectivity index (χ2v) is 10.1. The van der Waals surface area contributed by atoms with Crippen molar-refractivity contribution < 1.29 is 9.90 Å². The van der Waals surface area contributed by atoms with Gasteiger partial charge in [-0.2, -0.15) is 5.26 Å². The van der Waals surface area contributed by atoms with Crippen LogP contribution in [0, 0.1) is 63.6 Å². The van der Waals surface area contributed by atoms with E-state index in [-0.39, 0.29) is 29.1 Å². The van der Waals surface area contributed by atoms with E-state index in [4.69, 9.17) is 0 Å². The summed E-state index contributed by atoms with van der Waals surface area (Å²) in [5, 5.41) is 20.0. The summed E-state index contributed by atoms with van der Waals surface area (Å²) in [5.74, 6) is 4.02. The standard InChI is InChI=1S/C23H33NO2/c1-14-19-20(14)23(3,13-24)22(2)10-9-16-5-4-6-17(26)8-7-15(12-25)11-18(16)21(19)22/h7-8,14-16,18-21,25H,4-6,9-12H2,1-3H3. The van der Waals surface area contributed by atoms with Crippen molar-refractivity contribution in [2.75, 3.05) is 6.61 Å². The number of aliphatic hydroxyl groups is 1. The van der Waals surface area contributed by atoms with Gasteiger partial charge in [0, 0.05) is 18.9 Å². The fourth-order valence-electron chi connectivity index (χ4n) is 7.61. The SMILES string of the molecule is CC1C2C1C(C)(C#N)C1(C)CCC3CCCC(=O)C=CC(CO)CC3C21. The molecule has 0 aromatic heterocycles. The quantitative estimate of drug-likeness (QED) is 0.760. The van der Waals surface area contributed by atoms with Gasteiger partial charge in [-0.15, -0.1) is 0 Å². The third-order valence-corrected chi connectivity index (χ3v) is 9.15. The van der Waals surface area contributed by atoms with Gasteiger partial charge in [0.05, 0.1) is 11.5 Å². The van der Waals surface area contributed by atoms with Crippen molar-refractivity contribution in [3.8, 4) is 6.07 Å². The van der Waals surface area contributed by atoms with Crippen molar-refractivity contribution in [1.29, 1.82) is 5.26 Å². The summed E-state index contributed by atoms with van der Waals surface area (Å²) in [6, 6.07) is 2.77. The van der Waals surface area contributed by atoms with E-state index >= 15 is 0 Å². The molecule has 3 nitrogen and oxygen atoms in total. The lowest BCUT2D eigenvalue weighted by atomic mass is 9.50. The molecule has 0 radical (unpaired) electrons. The van der Waals surface area contributed by atoms with Crippen LogP contribution in [0.3, 0.4) is 0 Å². The summed E-state index contributed by atoms with van der Waals surface area (Å²) in [6.07, 6.45) is 9.72. The number of hydrogen-bond donors (Lipinski definition) is 1. The van der Waals surface area contributed by atoms with Crippen molar-refractivity contribution in [1.82, 2.24) is 0 Å². The maximum atomic E-state index is 12.0. The van der Waals surface area contributed by atoms with Crippen LogP contribution in [0.25, 0.3) is 0 Å². The Bertz CT molecular complexity index is 664. The minimum atomic E-state index is -0.206. The van der Waals surface area contributed by atoms with E-state index in [1.807, 2.05) is 6.08 Å². The van der Waals surface area contributed by atoms with E-state index in [1.165, 1.54) is 6.42 Å². The molecule has 3 saturated carbocycles. The molecule has 0 bridgehead atoms. The molecule has 3 heteroatoms. The predicted molar refractivity (Wildman–Crippen MR) is 101 cm³/mol. The van der Waals surface area contributed by atoms with Gasteiger partial charge in [-0.1, -0.05) is 19.9 Å². The first kappa shape index (κ1) is 18.2. The number of carbonyl (C=O) groups excluding carboxylic acids is 1. The van der Waals surface area contributed by atoms with E-state index in [9.17, 15) is 15.2 Å². The first-order chi connectivity index (χ1) is 12.4. The summed E-state index contributed by atoms with van der Waals surface area (Å²) in [6.45, 7) is 7.09. The molecule has 0 saturated heterocycles. The van der Waals surface area contributed by atoms with Crippen LogP contribution in [0.2, 0.25) is 0 Å². The smallest absolute Gasteiger partial charge is 0.155 e. The van der Waals surface area contributed by atoms with Crippen molar-refractivity contribution in [3.63, 3.8) is 0 Å². The zero-order chi connectivity index (χ0) is 18.7. The maximum Gasteiger partial charge on any atom is 0.155 e. The highest BCUT2D eigenvalue weighted by Crippen LogP contribution is 2.80. The predicted octanol–water partition coefficient (Wildman–Crippen LogP) is 4.37. The Balaban J connectivity index is 1.70.